The van der Waals surface area contributed by atoms with Gasteiger partial charge in [-0.05, 0) is 41.4 Å². The predicted octanol–water partition coefficient (Wildman–Crippen LogP) is 3.23. The topological polar surface area (TPSA) is 78.0 Å². The molecule has 0 fully saturated rings. The first-order valence-electron chi connectivity index (χ1n) is 5.97. The Morgan fingerprint density at radius 1 is 1.43 bits per heavy atom. The summed E-state index contributed by atoms with van der Waals surface area (Å²) in [6, 6.07) is 4.14. The van der Waals surface area contributed by atoms with Crippen LogP contribution in [0.2, 0.25) is 5.02 Å². The van der Waals surface area contributed by atoms with Crippen molar-refractivity contribution in [1.82, 2.24) is 9.55 Å². The van der Waals surface area contributed by atoms with Gasteiger partial charge in [-0.3, -0.25) is 14.7 Å². The highest BCUT2D eigenvalue weighted by Crippen LogP contribution is 2.24. The van der Waals surface area contributed by atoms with Crippen molar-refractivity contribution in [2.75, 3.05) is 0 Å². The molecule has 0 radical (unpaired) electrons. The summed E-state index contributed by atoms with van der Waals surface area (Å²) in [5.74, 6) is 0. The SMILES string of the molecule is Cc1nc(=O)n(Cc2cc([N+](=O)[O-])ccc2Cl)c(C)c1Br. The van der Waals surface area contributed by atoms with Crippen LogP contribution in [-0.2, 0) is 6.54 Å². The highest BCUT2D eigenvalue weighted by Gasteiger charge is 2.14. The number of nitrogens with zero attached hydrogens (tertiary/aromatic N) is 3. The second-order valence-electron chi connectivity index (χ2n) is 4.50. The number of non-ortho nitro benzene ring substituents is 1. The van der Waals surface area contributed by atoms with Gasteiger partial charge in [0.2, 0.25) is 0 Å². The summed E-state index contributed by atoms with van der Waals surface area (Å²) in [6.07, 6.45) is 0. The molecule has 0 spiro atoms. The second-order valence-corrected chi connectivity index (χ2v) is 5.70. The second kappa shape index (κ2) is 5.95. The van der Waals surface area contributed by atoms with Crippen LogP contribution in [-0.4, -0.2) is 14.5 Å². The molecule has 0 aliphatic rings. The van der Waals surface area contributed by atoms with Gasteiger partial charge in [0.15, 0.2) is 0 Å². The Morgan fingerprint density at radius 3 is 2.71 bits per heavy atom. The molecule has 0 atom stereocenters. The first kappa shape index (κ1) is 15.7. The number of halogens is 2. The summed E-state index contributed by atoms with van der Waals surface area (Å²) >= 11 is 9.43. The van der Waals surface area contributed by atoms with Crippen LogP contribution in [0, 0.1) is 24.0 Å². The summed E-state index contributed by atoms with van der Waals surface area (Å²) in [5.41, 5.74) is 1.29. The van der Waals surface area contributed by atoms with Crippen LogP contribution in [0.1, 0.15) is 17.0 Å². The van der Waals surface area contributed by atoms with Gasteiger partial charge in [-0.15, -0.1) is 0 Å². The van der Waals surface area contributed by atoms with E-state index in [4.69, 9.17) is 11.6 Å². The van der Waals surface area contributed by atoms with Gasteiger partial charge in [-0.1, -0.05) is 11.6 Å². The summed E-state index contributed by atoms with van der Waals surface area (Å²) in [6.45, 7) is 3.62. The lowest BCUT2D eigenvalue weighted by atomic mass is 10.2. The third kappa shape index (κ3) is 3.14. The average Bonchev–Trinajstić information content (AvgIpc) is 2.42. The molecule has 0 amide bonds. The zero-order valence-corrected chi connectivity index (χ0v) is 13.6. The number of hydrogen-bond donors (Lipinski definition) is 0. The van der Waals surface area contributed by atoms with Crippen molar-refractivity contribution in [3.63, 3.8) is 0 Å². The van der Waals surface area contributed by atoms with Crippen LogP contribution in [0.5, 0.6) is 0 Å². The first-order valence-corrected chi connectivity index (χ1v) is 7.14. The molecule has 0 N–H and O–H groups in total. The zero-order chi connectivity index (χ0) is 15.7. The van der Waals surface area contributed by atoms with E-state index in [2.05, 4.69) is 20.9 Å². The largest absolute Gasteiger partial charge is 0.348 e. The minimum Gasteiger partial charge on any atom is -0.291 e. The molecule has 0 saturated heterocycles. The van der Waals surface area contributed by atoms with E-state index >= 15 is 0 Å². The Balaban J connectivity index is 2.53. The number of benzene rings is 1. The third-order valence-corrected chi connectivity index (χ3v) is 4.62. The molecular weight excluding hydrogens is 362 g/mol. The average molecular weight is 373 g/mol. The van der Waals surface area contributed by atoms with Crippen LogP contribution in [0.4, 0.5) is 5.69 Å². The standard InChI is InChI=1S/C13H11BrClN3O3/c1-7-12(14)8(2)17(13(19)16-7)6-9-5-10(18(20)21)3-4-11(9)15/h3-5H,6H2,1-2H3. The smallest absolute Gasteiger partial charge is 0.291 e. The molecule has 1 aromatic carbocycles. The third-order valence-electron chi connectivity index (χ3n) is 3.10. The summed E-state index contributed by atoms with van der Waals surface area (Å²) < 4.78 is 2.14. The Labute approximate surface area is 133 Å². The maximum absolute atomic E-state index is 12.0. The lowest BCUT2D eigenvalue weighted by Gasteiger charge is -2.13. The number of nitro benzene ring substituents is 1. The highest BCUT2D eigenvalue weighted by molar-refractivity contribution is 9.10. The van der Waals surface area contributed by atoms with Crippen molar-refractivity contribution in [3.05, 3.63) is 65.2 Å². The molecule has 8 heteroatoms. The lowest BCUT2D eigenvalue weighted by molar-refractivity contribution is -0.384. The molecule has 6 nitrogen and oxygen atoms in total. The van der Waals surface area contributed by atoms with E-state index in [9.17, 15) is 14.9 Å². The molecule has 0 saturated carbocycles. The van der Waals surface area contributed by atoms with Crippen molar-refractivity contribution in [2.45, 2.75) is 20.4 Å². The molecule has 1 heterocycles. The van der Waals surface area contributed by atoms with Crippen molar-refractivity contribution >= 4 is 33.2 Å². The first-order chi connectivity index (χ1) is 9.81. The van der Waals surface area contributed by atoms with Crippen molar-refractivity contribution in [2.24, 2.45) is 0 Å². The van der Waals surface area contributed by atoms with Crippen LogP contribution < -0.4 is 5.69 Å². The van der Waals surface area contributed by atoms with Gasteiger partial charge in [-0.2, -0.15) is 4.98 Å². The van der Waals surface area contributed by atoms with Gasteiger partial charge in [0.1, 0.15) is 0 Å². The minimum absolute atomic E-state index is 0.0701. The molecular formula is C13H11BrClN3O3. The van der Waals surface area contributed by atoms with Gasteiger partial charge >= 0.3 is 5.69 Å². The number of aromatic nitrogens is 2. The molecule has 2 aromatic rings. The number of nitro groups is 1. The van der Waals surface area contributed by atoms with E-state index < -0.39 is 10.6 Å². The predicted molar refractivity (Wildman–Crippen MR) is 82.9 cm³/mol. The fourth-order valence-corrected chi connectivity index (χ4v) is 2.41. The lowest BCUT2D eigenvalue weighted by Crippen LogP contribution is -2.27. The molecule has 0 bridgehead atoms. The molecule has 0 aliphatic heterocycles. The minimum atomic E-state index is -0.501. The quantitative estimate of drug-likeness (QED) is 0.612. The van der Waals surface area contributed by atoms with E-state index in [1.807, 2.05) is 0 Å². The van der Waals surface area contributed by atoms with Gasteiger partial charge in [0.25, 0.3) is 5.69 Å². The maximum Gasteiger partial charge on any atom is 0.348 e. The highest BCUT2D eigenvalue weighted by atomic mass is 79.9. The summed E-state index contributed by atoms with van der Waals surface area (Å²) in [7, 11) is 0. The molecule has 110 valence electrons. The van der Waals surface area contributed by atoms with E-state index in [0.29, 0.717) is 22.0 Å². The summed E-state index contributed by atoms with van der Waals surface area (Å²) in [5, 5.41) is 11.2. The van der Waals surface area contributed by atoms with Crippen molar-refractivity contribution in [1.29, 1.82) is 0 Å². The van der Waals surface area contributed by atoms with Crippen LogP contribution in [0.3, 0.4) is 0 Å². The van der Waals surface area contributed by atoms with E-state index in [-0.39, 0.29) is 12.2 Å². The monoisotopic (exact) mass is 371 g/mol. The Bertz CT molecular complexity index is 789. The maximum atomic E-state index is 12.0. The number of hydrogen-bond acceptors (Lipinski definition) is 4. The zero-order valence-electron chi connectivity index (χ0n) is 11.3. The molecule has 2 rings (SSSR count). The summed E-state index contributed by atoms with van der Waals surface area (Å²) in [4.78, 5) is 26.2. The van der Waals surface area contributed by atoms with Gasteiger partial charge < -0.3 is 0 Å². The van der Waals surface area contributed by atoms with E-state index in [0.717, 1.165) is 4.47 Å². The van der Waals surface area contributed by atoms with Crippen LogP contribution in [0.15, 0.2) is 27.5 Å². The molecule has 0 aliphatic carbocycles. The molecule has 1 aromatic heterocycles. The normalized spacial score (nSPS) is 10.7. The van der Waals surface area contributed by atoms with E-state index in [1.54, 1.807) is 13.8 Å². The van der Waals surface area contributed by atoms with Crippen molar-refractivity contribution < 1.29 is 4.92 Å². The van der Waals surface area contributed by atoms with Gasteiger partial charge in [-0.25, -0.2) is 4.79 Å². The molecule has 0 unspecified atom stereocenters. The van der Waals surface area contributed by atoms with Gasteiger partial charge in [0, 0.05) is 22.8 Å². The fraction of sp³-hybridized carbons (Fsp3) is 0.231. The number of rotatable bonds is 3. The van der Waals surface area contributed by atoms with Crippen LogP contribution >= 0.6 is 27.5 Å². The fourth-order valence-electron chi connectivity index (χ4n) is 1.93. The van der Waals surface area contributed by atoms with E-state index in [1.165, 1.54) is 22.8 Å². The number of aryl methyl sites for hydroxylation is 1. The Kier molecular flexibility index (Phi) is 4.43. The molecule has 21 heavy (non-hydrogen) atoms. The van der Waals surface area contributed by atoms with Crippen molar-refractivity contribution in [3.8, 4) is 0 Å². The Morgan fingerprint density at radius 2 is 2.10 bits per heavy atom. The van der Waals surface area contributed by atoms with Crippen LogP contribution in [0.25, 0.3) is 0 Å². The Hall–Kier alpha value is -1.73. The van der Waals surface area contributed by atoms with Gasteiger partial charge in [0.05, 0.1) is 21.6 Å².